The second kappa shape index (κ2) is 6.20. The molecular weight excluding hydrogens is 212 g/mol. The molecule has 1 saturated carbocycles. The Morgan fingerprint density at radius 1 is 1.35 bits per heavy atom. The highest BCUT2D eigenvalue weighted by atomic mass is 16.5. The Labute approximate surface area is 104 Å². The summed E-state index contributed by atoms with van der Waals surface area (Å²) in [6.45, 7) is 2.14. The van der Waals surface area contributed by atoms with E-state index in [2.05, 4.69) is 18.1 Å². The molecule has 0 aromatic carbocycles. The van der Waals surface area contributed by atoms with Gasteiger partial charge >= 0.3 is 0 Å². The summed E-state index contributed by atoms with van der Waals surface area (Å²) in [7, 11) is 0. The molecule has 0 spiro atoms. The first kappa shape index (κ1) is 12.6. The maximum atomic E-state index is 6.05. The Morgan fingerprint density at radius 2 is 2.06 bits per heavy atom. The van der Waals surface area contributed by atoms with Crippen LogP contribution in [0.15, 0.2) is 10.6 Å². The van der Waals surface area contributed by atoms with Crippen LogP contribution in [0.2, 0.25) is 0 Å². The van der Waals surface area contributed by atoms with E-state index in [4.69, 9.17) is 10.3 Å². The molecule has 96 valence electrons. The topological polar surface area (TPSA) is 52.0 Å². The Balaban J connectivity index is 2.01. The smallest absolute Gasteiger partial charge is 0.153 e. The van der Waals surface area contributed by atoms with Crippen molar-refractivity contribution in [3.05, 3.63) is 17.5 Å². The lowest BCUT2D eigenvalue weighted by Gasteiger charge is -2.09. The molecule has 0 bridgehead atoms. The molecule has 1 unspecified atom stereocenters. The summed E-state index contributed by atoms with van der Waals surface area (Å²) < 4.78 is 5.40. The quantitative estimate of drug-likeness (QED) is 0.806. The fourth-order valence-electron chi connectivity index (χ4n) is 2.70. The van der Waals surface area contributed by atoms with Gasteiger partial charge in [0.05, 0.1) is 11.7 Å². The number of rotatable bonds is 4. The third-order valence-corrected chi connectivity index (χ3v) is 3.79. The summed E-state index contributed by atoms with van der Waals surface area (Å²) in [4.78, 5) is 0. The van der Waals surface area contributed by atoms with Crippen molar-refractivity contribution in [2.45, 2.75) is 70.3 Å². The van der Waals surface area contributed by atoms with Gasteiger partial charge in [0.2, 0.25) is 0 Å². The largest absolute Gasteiger partial charge is 0.359 e. The highest BCUT2D eigenvalue weighted by Crippen LogP contribution is 2.32. The monoisotopic (exact) mass is 236 g/mol. The molecule has 1 aromatic rings. The Hall–Kier alpha value is -0.830. The summed E-state index contributed by atoms with van der Waals surface area (Å²) in [5.74, 6) is 1.47. The molecule has 1 aromatic heterocycles. The third-order valence-electron chi connectivity index (χ3n) is 3.79. The van der Waals surface area contributed by atoms with Gasteiger partial charge in [-0.05, 0) is 19.3 Å². The number of nitrogens with two attached hydrogens (primary N) is 1. The number of nitrogens with zero attached hydrogens (tertiary/aromatic N) is 1. The number of hydrogen-bond donors (Lipinski definition) is 1. The normalized spacial score (nSPS) is 20.1. The van der Waals surface area contributed by atoms with Gasteiger partial charge in [0.15, 0.2) is 5.76 Å². The van der Waals surface area contributed by atoms with E-state index in [1.807, 2.05) is 0 Å². The molecule has 17 heavy (non-hydrogen) atoms. The zero-order valence-corrected chi connectivity index (χ0v) is 10.8. The second-order valence-corrected chi connectivity index (χ2v) is 5.24. The van der Waals surface area contributed by atoms with Crippen molar-refractivity contribution in [3.63, 3.8) is 0 Å². The van der Waals surface area contributed by atoms with Gasteiger partial charge in [-0.25, -0.2) is 0 Å². The van der Waals surface area contributed by atoms with Gasteiger partial charge in [0, 0.05) is 12.0 Å². The maximum absolute atomic E-state index is 6.05. The number of hydrogen-bond acceptors (Lipinski definition) is 3. The van der Waals surface area contributed by atoms with Gasteiger partial charge in [0.1, 0.15) is 0 Å². The molecule has 1 aliphatic carbocycles. The van der Waals surface area contributed by atoms with Crippen LogP contribution in [0.3, 0.4) is 0 Å². The van der Waals surface area contributed by atoms with Crippen LogP contribution in [-0.4, -0.2) is 5.16 Å². The van der Waals surface area contributed by atoms with Crippen molar-refractivity contribution in [3.8, 4) is 0 Å². The van der Waals surface area contributed by atoms with Crippen LogP contribution in [-0.2, 0) is 0 Å². The van der Waals surface area contributed by atoms with E-state index in [-0.39, 0.29) is 6.04 Å². The van der Waals surface area contributed by atoms with Crippen LogP contribution >= 0.6 is 0 Å². The Morgan fingerprint density at radius 3 is 2.71 bits per heavy atom. The fraction of sp³-hybridized carbons (Fsp3) is 0.786. The van der Waals surface area contributed by atoms with Gasteiger partial charge < -0.3 is 10.3 Å². The molecular formula is C14H24N2O. The molecule has 0 aliphatic heterocycles. The predicted octanol–water partition coefficient (Wildman–Crippen LogP) is 3.91. The first-order valence-electron chi connectivity index (χ1n) is 7.03. The summed E-state index contributed by atoms with van der Waals surface area (Å²) in [6.07, 6.45) is 9.97. The van der Waals surface area contributed by atoms with E-state index in [1.54, 1.807) is 0 Å². The molecule has 1 aliphatic rings. The lowest BCUT2D eigenvalue weighted by atomic mass is 9.96. The Bertz CT molecular complexity index is 327. The van der Waals surface area contributed by atoms with E-state index >= 15 is 0 Å². The SMILES string of the molecule is CCCC(N)c1cc(C2CCCCCC2)no1. The van der Waals surface area contributed by atoms with E-state index in [1.165, 1.54) is 38.5 Å². The Kier molecular flexibility index (Phi) is 4.60. The van der Waals surface area contributed by atoms with E-state index < -0.39 is 0 Å². The molecule has 0 amide bonds. The molecule has 2 rings (SSSR count). The lowest BCUT2D eigenvalue weighted by Crippen LogP contribution is -2.08. The van der Waals surface area contributed by atoms with Crippen molar-refractivity contribution >= 4 is 0 Å². The summed E-state index contributed by atoms with van der Waals surface area (Å²) in [6, 6.07) is 2.11. The predicted molar refractivity (Wildman–Crippen MR) is 68.8 cm³/mol. The van der Waals surface area contributed by atoms with Crippen LogP contribution in [0.4, 0.5) is 0 Å². The molecule has 3 nitrogen and oxygen atoms in total. The minimum atomic E-state index is 0.0204. The average molecular weight is 236 g/mol. The zero-order chi connectivity index (χ0) is 12.1. The number of aromatic nitrogens is 1. The molecule has 1 atom stereocenters. The highest BCUT2D eigenvalue weighted by molar-refractivity contribution is 5.13. The summed E-state index contributed by atoms with van der Waals surface area (Å²) >= 11 is 0. The second-order valence-electron chi connectivity index (χ2n) is 5.24. The van der Waals surface area contributed by atoms with E-state index in [0.29, 0.717) is 5.92 Å². The van der Waals surface area contributed by atoms with Gasteiger partial charge in [-0.15, -0.1) is 0 Å². The molecule has 1 heterocycles. The van der Waals surface area contributed by atoms with Crippen LogP contribution in [0.5, 0.6) is 0 Å². The average Bonchev–Trinajstić information content (AvgIpc) is 2.66. The third kappa shape index (κ3) is 3.32. The molecule has 0 saturated heterocycles. The van der Waals surface area contributed by atoms with Gasteiger partial charge in [0.25, 0.3) is 0 Å². The molecule has 1 fully saturated rings. The van der Waals surface area contributed by atoms with E-state index in [9.17, 15) is 0 Å². The van der Waals surface area contributed by atoms with Crippen LogP contribution in [0.1, 0.15) is 81.7 Å². The first-order chi connectivity index (χ1) is 8.31. The minimum Gasteiger partial charge on any atom is -0.359 e. The van der Waals surface area contributed by atoms with Crippen LogP contribution in [0, 0.1) is 0 Å². The van der Waals surface area contributed by atoms with Gasteiger partial charge in [-0.3, -0.25) is 0 Å². The van der Waals surface area contributed by atoms with Crippen LogP contribution in [0.25, 0.3) is 0 Å². The van der Waals surface area contributed by atoms with Crippen molar-refractivity contribution < 1.29 is 4.52 Å². The lowest BCUT2D eigenvalue weighted by molar-refractivity contribution is 0.345. The highest BCUT2D eigenvalue weighted by Gasteiger charge is 2.20. The van der Waals surface area contributed by atoms with Crippen molar-refractivity contribution in [1.82, 2.24) is 5.16 Å². The molecule has 3 heteroatoms. The molecule has 0 radical (unpaired) electrons. The van der Waals surface area contributed by atoms with Gasteiger partial charge in [-0.1, -0.05) is 44.2 Å². The maximum Gasteiger partial charge on any atom is 0.153 e. The van der Waals surface area contributed by atoms with Crippen molar-refractivity contribution in [1.29, 1.82) is 0 Å². The zero-order valence-electron chi connectivity index (χ0n) is 10.8. The summed E-state index contributed by atoms with van der Waals surface area (Å²) in [5, 5.41) is 4.23. The van der Waals surface area contributed by atoms with E-state index in [0.717, 1.165) is 24.3 Å². The standard InChI is InChI=1S/C14H24N2O/c1-2-7-12(15)14-10-13(16-17-14)11-8-5-3-4-6-9-11/h10-12H,2-9,15H2,1H3. The van der Waals surface area contributed by atoms with Gasteiger partial charge in [-0.2, -0.15) is 0 Å². The fourth-order valence-corrected chi connectivity index (χ4v) is 2.70. The van der Waals surface area contributed by atoms with Crippen molar-refractivity contribution in [2.75, 3.05) is 0 Å². The van der Waals surface area contributed by atoms with Crippen LogP contribution < -0.4 is 5.73 Å². The minimum absolute atomic E-state index is 0.0204. The van der Waals surface area contributed by atoms with Crippen molar-refractivity contribution in [2.24, 2.45) is 5.73 Å². The first-order valence-corrected chi connectivity index (χ1v) is 7.03. The summed E-state index contributed by atoms with van der Waals surface area (Å²) in [5.41, 5.74) is 7.18. The molecule has 2 N–H and O–H groups in total.